The van der Waals surface area contributed by atoms with E-state index in [9.17, 15) is 13.2 Å². The van der Waals surface area contributed by atoms with E-state index >= 15 is 0 Å². The Hall–Kier alpha value is -0.990. The Morgan fingerprint density at radius 3 is 2.71 bits per heavy atom. The van der Waals surface area contributed by atoms with Gasteiger partial charge < -0.3 is 5.32 Å². The average molecular weight is 372 g/mol. The van der Waals surface area contributed by atoms with E-state index in [0.717, 1.165) is 31.4 Å². The number of fused-ring (bicyclic) bond motifs is 1. The largest absolute Gasteiger partial charge is 0.302 e. The highest BCUT2D eigenvalue weighted by atomic mass is 32.2. The van der Waals surface area contributed by atoms with E-state index in [4.69, 9.17) is 0 Å². The third kappa shape index (κ3) is 4.34. The van der Waals surface area contributed by atoms with Gasteiger partial charge in [-0.05, 0) is 43.9 Å². The second kappa shape index (κ2) is 7.09. The summed E-state index contributed by atoms with van der Waals surface area (Å²) in [5.74, 6) is 0.936. The summed E-state index contributed by atoms with van der Waals surface area (Å²) >= 11 is 1.60. The first-order chi connectivity index (χ1) is 11.3. The van der Waals surface area contributed by atoms with Gasteiger partial charge >= 0.3 is 0 Å². The molecule has 1 aromatic rings. The zero-order valence-electron chi connectivity index (χ0n) is 14.2. The number of thiazole rings is 1. The fourth-order valence-electron chi connectivity index (χ4n) is 3.47. The van der Waals surface area contributed by atoms with Gasteiger partial charge in [0.1, 0.15) is 0 Å². The molecule has 1 aliphatic carbocycles. The quantitative estimate of drug-likeness (QED) is 0.880. The molecule has 0 radical (unpaired) electrons. The standard InChI is InChI=1S/C16H25N3O3S2/c1-11-3-4-13-14(9-11)23-16(17-13)18-15(20)10-12-5-7-19(8-6-12)24(2,21)22/h11-12H,3-10H2,1-2H3,(H,17,18,20). The summed E-state index contributed by atoms with van der Waals surface area (Å²) < 4.78 is 24.5. The average Bonchev–Trinajstić information content (AvgIpc) is 2.87. The number of amides is 1. The molecule has 2 aliphatic rings. The minimum absolute atomic E-state index is 0.00745. The van der Waals surface area contributed by atoms with Crippen LogP contribution in [0.2, 0.25) is 0 Å². The molecule has 0 spiro atoms. The molecule has 2 heterocycles. The van der Waals surface area contributed by atoms with Crippen molar-refractivity contribution >= 4 is 32.4 Å². The van der Waals surface area contributed by atoms with Crippen LogP contribution in [0.3, 0.4) is 0 Å². The lowest BCUT2D eigenvalue weighted by Crippen LogP contribution is -2.38. The van der Waals surface area contributed by atoms with Crippen LogP contribution in [0.4, 0.5) is 5.13 Å². The second-order valence-electron chi connectivity index (χ2n) is 7.09. The van der Waals surface area contributed by atoms with Crippen molar-refractivity contribution in [3.05, 3.63) is 10.6 Å². The first kappa shape index (κ1) is 17.8. The summed E-state index contributed by atoms with van der Waals surface area (Å²) in [5.41, 5.74) is 1.15. The molecule has 3 rings (SSSR count). The van der Waals surface area contributed by atoms with Gasteiger partial charge in [-0.25, -0.2) is 17.7 Å². The van der Waals surface area contributed by atoms with Crippen molar-refractivity contribution in [2.24, 2.45) is 11.8 Å². The number of piperidine rings is 1. The van der Waals surface area contributed by atoms with Gasteiger partial charge in [-0.1, -0.05) is 6.92 Å². The SMILES string of the molecule is CC1CCc2nc(NC(=O)CC3CCN(S(C)(=O)=O)CC3)sc2C1. The van der Waals surface area contributed by atoms with Crippen molar-refractivity contribution in [3.63, 3.8) is 0 Å². The molecule has 134 valence electrons. The van der Waals surface area contributed by atoms with Gasteiger partial charge in [-0.2, -0.15) is 0 Å². The van der Waals surface area contributed by atoms with E-state index in [1.54, 1.807) is 11.3 Å². The molecular weight excluding hydrogens is 346 g/mol. The van der Waals surface area contributed by atoms with Crippen LogP contribution in [0.5, 0.6) is 0 Å². The van der Waals surface area contributed by atoms with Crippen LogP contribution in [0.25, 0.3) is 0 Å². The maximum absolute atomic E-state index is 12.3. The normalized spacial score (nSPS) is 23.0. The molecule has 1 aromatic heterocycles. The summed E-state index contributed by atoms with van der Waals surface area (Å²) in [5, 5.41) is 3.65. The van der Waals surface area contributed by atoms with Gasteiger partial charge in [0, 0.05) is 24.4 Å². The fraction of sp³-hybridized carbons (Fsp3) is 0.750. The predicted octanol–water partition coefficient (Wildman–Crippen LogP) is 2.27. The lowest BCUT2D eigenvalue weighted by atomic mass is 9.93. The van der Waals surface area contributed by atoms with E-state index in [0.29, 0.717) is 30.6 Å². The van der Waals surface area contributed by atoms with Crippen LogP contribution in [-0.4, -0.2) is 43.0 Å². The maximum atomic E-state index is 12.3. The Bertz CT molecular complexity index is 706. The van der Waals surface area contributed by atoms with Crippen LogP contribution in [0.1, 0.15) is 43.2 Å². The first-order valence-corrected chi connectivity index (χ1v) is 11.2. The third-order valence-corrected chi connectivity index (χ3v) is 7.29. The third-order valence-electron chi connectivity index (χ3n) is 4.95. The molecule has 0 saturated carbocycles. The summed E-state index contributed by atoms with van der Waals surface area (Å²) in [6, 6.07) is 0. The molecule has 1 saturated heterocycles. The molecule has 1 N–H and O–H groups in total. The van der Waals surface area contributed by atoms with Crippen LogP contribution in [0, 0.1) is 11.8 Å². The number of sulfonamides is 1. The van der Waals surface area contributed by atoms with Gasteiger partial charge in [-0.15, -0.1) is 11.3 Å². The number of carbonyl (C=O) groups excluding carboxylic acids is 1. The van der Waals surface area contributed by atoms with E-state index in [2.05, 4.69) is 17.2 Å². The lowest BCUT2D eigenvalue weighted by Gasteiger charge is -2.29. The number of hydrogen-bond donors (Lipinski definition) is 1. The van der Waals surface area contributed by atoms with Crippen LogP contribution < -0.4 is 5.32 Å². The summed E-state index contributed by atoms with van der Waals surface area (Å²) in [6.07, 6.45) is 6.41. The van der Waals surface area contributed by atoms with Gasteiger partial charge in [-0.3, -0.25) is 4.79 Å². The number of nitrogens with zero attached hydrogens (tertiary/aromatic N) is 2. The van der Waals surface area contributed by atoms with Gasteiger partial charge in [0.15, 0.2) is 5.13 Å². The monoisotopic (exact) mass is 371 g/mol. The van der Waals surface area contributed by atoms with E-state index < -0.39 is 10.0 Å². The van der Waals surface area contributed by atoms with E-state index in [1.165, 1.54) is 21.9 Å². The number of aromatic nitrogens is 1. The number of carbonyl (C=O) groups is 1. The first-order valence-electron chi connectivity index (χ1n) is 8.55. The number of nitrogens with one attached hydrogen (secondary N) is 1. The highest BCUT2D eigenvalue weighted by Gasteiger charge is 2.27. The number of rotatable bonds is 4. The van der Waals surface area contributed by atoms with Crippen molar-refractivity contribution in [2.75, 3.05) is 24.7 Å². The highest BCUT2D eigenvalue weighted by molar-refractivity contribution is 7.88. The molecule has 8 heteroatoms. The van der Waals surface area contributed by atoms with Crippen molar-refractivity contribution in [3.8, 4) is 0 Å². The van der Waals surface area contributed by atoms with Gasteiger partial charge in [0.2, 0.25) is 15.9 Å². The summed E-state index contributed by atoms with van der Waals surface area (Å²) in [7, 11) is -3.11. The fourth-order valence-corrected chi connectivity index (χ4v) is 5.53. The lowest BCUT2D eigenvalue weighted by molar-refractivity contribution is -0.117. The minimum atomic E-state index is -3.11. The molecule has 0 aromatic carbocycles. The van der Waals surface area contributed by atoms with Crippen molar-refractivity contribution in [2.45, 2.75) is 45.4 Å². The van der Waals surface area contributed by atoms with Crippen LogP contribution in [0.15, 0.2) is 0 Å². The molecule has 1 fully saturated rings. The molecule has 0 bridgehead atoms. The zero-order chi connectivity index (χ0) is 17.3. The minimum Gasteiger partial charge on any atom is -0.302 e. The Kier molecular flexibility index (Phi) is 5.27. The Labute approximate surface area is 147 Å². The van der Waals surface area contributed by atoms with Gasteiger partial charge in [0.05, 0.1) is 11.9 Å². The van der Waals surface area contributed by atoms with E-state index in [1.807, 2.05) is 0 Å². The van der Waals surface area contributed by atoms with Crippen LogP contribution >= 0.6 is 11.3 Å². The van der Waals surface area contributed by atoms with Crippen LogP contribution in [-0.2, 0) is 27.7 Å². The van der Waals surface area contributed by atoms with E-state index in [-0.39, 0.29) is 11.8 Å². The second-order valence-corrected chi connectivity index (χ2v) is 10.2. The Morgan fingerprint density at radius 1 is 1.33 bits per heavy atom. The number of anilines is 1. The molecule has 1 atom stereocenters. The summed E-state index contributed by atoms with van der Waals surface area (Å²) in [6.45, 7) is 3.28. The molecular formula is C16H25N3O3S2. The van der Waals surface area contributed by atoms with Crippen molar-refractivity contribution in [1.82, 2.24) is 9.29 Å². The number of hydrogen-bond acceptors (Lipinski definition) is 5. The molecule has 24 heavy (non-hydrogen) atoms. The Balaban J connectivity index is 1.50. The highest BCUT2D eigenvalue weighted by Crippen LogP contribution is 2.32. The van der Waals surface area contributed by atoms with Crippen molar-refractivity contribution < 1.29 is 13.2 Å². The van der Waals surface area contributed by atoms with Crippen molar-refractivity contribution in [1.29, 1.82) is 0 Å². The maximum Gasteiger partial charge on any atom is 0.226 e. The predicted molar refractivity (Wildman–Crippen MR) is 95.7 cm³/mol. The molecule has 1 unspecified atom stereocenters. The molecule has 1 aliphatic heterocycles. The zero-order valence-corrected chi connectivity index (χ0v) is 15.9. The molecule has 1 amide bonds. The number of aryl methyl sites for hydroxylation is 1. The van der Waals surface area contributed by atoms with Gasteiger partial charge in [0.25, 0.3) is 0 Å². The Morgan fingerprint density at radius 2 is 2.04 bits per heavy atom. The summed E-state index contributed by atoms with van der Waals surface area (Å²) in [4.78, 5) is 18.1. The molecule has 6 nitrogen and oxygen atoms in total. The topological polar surface area (TPSA) is 79.4 Å². The smallest absolute Gasteiger partial charge is 0.226 e.